The quantitative estimate of drug-likeness (QED) is 0.528. The van der Waals surface area contributed by atoms with Crippen molar-refractivity contribution in [2.24, 2.45) is 0 Å². The van der Waals surface area contributed by atoms with Crippen LogP contribution in [0.2, 0.25) is 0 Å². The molecule has 1 aliphatic heterocycles. The fourth-order valence-electron chi connectivity index (χ4n) is 1.97. The molecule has 0 N–H and O–H groups in total. The van der Waals surface area contributed by atoms with E-state index in [2.05, 4.69) is 5.92 Å². The van der Waals surface area contributed by atoms with Gasteiger partial charge in [-0.15, -0.1) is 6.42 Å². The molecule has 3 nitrogen and oxygen atoms in total. The molecular weight excluding hydrogens is 202 g/mol. The second kappa shape index (κ2) is 4.47. The molecule has 1 rings (SSSR count). The number of carbonyl (C=O) groups excluding carboxylic acids is 1. The van der Waals surface area contributed by atoms with Crippen LogP contribution in [0.1, 0.15) is 40.5 Å². The van der Waals surface area contributed by atoms with Gasteiger partial charge in [-0.1, -0.05) is 5.92 Å². The van der Waals surface area contributed by atoms with E-state index in [-0.39, 0.29) is 18.1 Å². The van der Waals surface area contributed by atoms with Crippen molar-refractivity contribution < 1.29 is 9.53 Å². The summed E-state index contributed by atoms with van der Waals surface area (Å²) in [4.78, 5) is 13.7. The molecular formula is C13H21NO2. The van der Waals surface area contributed by atoms with Gasteiger partial charge in [0.15, 0.2) is 0 Å². The van der Waals surface area contributed by atoms with Crippen molar-refractivity contribution in [1.82, 2.24) is 4.90 Å². The predicted molar refractivity (Wildman–Crippen MR) is 63.9 cm³/mol. The van der Waals surface area contributed by atoms with Crippen LogP contribution in [0.15, 0.2) is 0 Å². The van der Waals surface area contributed by atoms with Gasteiger partial charge in [-0.3, -0.25) is 9.69 Å². The van der Waals surface area contributed by atoms with Gasteiger partial charge in [0, 0.05) is 6.54 Å². The Morgan fingerprint density at radius 3 is 2.69 bits per heavy atom. The molecule has 0 spiro atoms. The lowest BCUT2D eigenvalue weighted by Gasteiger charge is -2.30. The SMILES string of the molecule is C#C[C@]1(C)CCCN1CC(=O)OC(C)(C)C. The molecule has 0 amide bonds. The predicted octanol–water partition coefficient (Wildman–Crippen LogP) is 1.82. The second-order valence-corrected chi connectivity index (χ2v) is 5.53. The van der Waals surface area contributed by atoms with Crippen molar-refractivity contribution in [2.75, 3.05) is 13.1 Å². The van der Waals surface area contributed by atoms with Gasteiger partial charge < -0.3 is 4.74 Å². The molecule has 0 bridgehead atoms. The summed E-state index contributed by atoms with van der Waals surface area (Å²) in [6.07, 6.45) is 7.51. The van der Waals surface area contributed by atoms with Crippen molar-refractivity contribution in [3.63, 3.8) is 0 Å². The summed E-state index contributed by atoms with van der Waals surface area (Å²) in [5.41, 5.74) is -0.708. The summed E-state index contributed by atoms with van der Waals surface area (Å²) in [6, 6.07) is 0. The third-order valence-electron chi connectivity index (χ3n) is 2.84. The normalized spacial score (nSPS) is 26.4. The number of hydrogen-bond acceptors (Lipinski definition) is 3. The van der Waals surface area contributed by atoms with Crippen LogP contribution in [0, 0.1) is 12.3 Å². The van der Waals surface area contributed by atoms with Gasteiger partial charge in [0.05, 0.1) is 12.1 Å². The Kier molecular flexibility index (Phi) is 3.64. The summed E-state index contributed by atoms with van der Waals surface area (Å²) in [5.74, 6) is 2.58. The highest BCUT2D eigenvalue weighted by molar-refractivity contribution is 5.72. The first kappa shape index (κ1) is 13.1. The molecule has 0 unspecified atom stereocenters. The molecule has 90 valence electrons. The Morgan fingerprint density at radius 2 is 2.19 bits per heavy atom. The van der Waals surface area contributed by atoms with E-state index in [9.17, 15) is 4.79 Å². The van der Waals surface area contributed by atoms with Gasteiger partial charge in [0.2, 0.25) is 0 Å². The van der Waals surface area contributed by atoms with Crippen LogP contribution >= 0.6 is 0 Å². The summed E-state index contributed by atoms with van der Waals surface area (Å²) in [5, 5.41) is 0. The van der Waals surface area contributed by atoms with Gasteiger partial charge in [0.1, 0.15) is 5.60 Å². The standard InChI is InChI=1S/C13H21NO2/c1-6-13(5)8-7-9-14(13)10-11(15)16-12(2,3)4/h1H,7-10H2,2-5H3/t13-/m1/s1. The van der Waals surface area contributed by atoms with E-state index >= 15 is 0 Å². The minimum Gasteiger partial charge on any atom is -0.459 e. The molecule has 1 fully saturated rings. The van der Waals surface area contributed by atoms with Crippen molar-refractivity contribution in [2.45, 2.75) is 51.7 Å². The number of hydrogen-bond donors (Lipinski definition) is 0. The smallest absolute Gasteiger partial charge is 0.320 e. The molecule has 1 heterocycles. The molecule has 1 saturated heterocycles. The molecule has 0 aromatic rings. The summed E-state index contributed by atoms with van der Waals surface area (Å²) >= 11 is 0. The maximum Gasteiger partial charge on any atom is 0.320 e. The Hall–Kier alpha value is -1.01. The molecule has 16 heavy (non-hydrogen) atoms. The summed E-state index contributed by atoms with van der Waals surface area (Å²) < 4.78 is 5.29. The lowest BCUT2D eigenvalue weighted by atomic mass is 10.0. The van der Waals surface area contributed by atoms with Crippen molar-refractivity contribution in [1.29, 1.82) is 0 Å². The Bertz CT molecular complexity index is 311. The molecule has 0 radical (unpaired) electrons. The number of carbonyl (C=O) groups is 1. The Morgan fingerprint density at radius 1 is 1.56 bits per heavy atom. The highest BCUT2D eigenvalue weighted by Crippen LogP contribution is 2.27. The lowest BCUT2D eigenvalue weighted by molar-refractivity contribution is -0.156. The fraction of sp³-hybridized carbons (Fsp3) is 0.769. The van der Waals surface area contributed by atoms with Gasteiger partial charge >= 0.3 is 5.97 Å². The van der Waals surface area contributed by atoms with Crippen LogP contribution in [0.4, 0.5) is 0 Å². The summed E-state index contributed by atoms with van der Waals surface area (Å²) in [6.45, 7) is 8.78. The fourth-order valence-corrected chi connectivity index (χ4v) is 1.97. The maximum absolute atomic E-state index is 11.7. The van der Waals surface area contributed by atoms with E-state index in [4.69, 9.17) is 11.2 Å². The average molecular weight is 223 g/mol. The van der Waals surface area contributed by atoms with Crippen LogP contribution < -0.4 is 0 Å². The number of esters is 1. The van der Waals surface area contributed by atoms with E-state index in [0.717, 1.165) is 19.4 Å². The second-order valence-electron chi connectivity index (χ2n) is 5.53. The van der Waals surface area contributed by atoms with E-state index < -0.39 is 5.60 Å². The zero-order valence-corrected chi connectivity index (χ0v) is 10.7. The van der Waals surface area contributed by atoms with Crippen molar-refractivity contribution >= 4 is 5.97 Å². The van der Waals surface area contributed by atoms with Gasteiger partial charge in [-0.05, 0) is 40.5 Å². The molecule has 0 aromatic heterocycles. The lowest BCUT2D eigenvalue weighted by Crippen LogP contribution is -2.44. The molecule has 0 aromatic carbocycles. The van der Waals surface area contributed by atoms with Crippen LogP contribution in [-0.2, 0) is 9.53 Å². The van der Waals surface area contributed by atoms with E-state index in [1.807, 2.05) is 32.6 Å². The maximum atomic E-state index is 11.7. The number of nitrogens with zero attached hydrogens (tertiary/aromatic N) is 1. The largest absolute Gasteiger partial charge is 0.459 e. The molecule has 1 atom stereocenters. The summed E-state index contributed by atoms with van der Waals surface area (Å²) in [7, 11) is 0. The monoisotopic (exact) mass is 223 g/mol. The average Bonchev–Trinajstić information content (AvgIpc) is 2.45. The van der Waals surface area contributed by atoms with E-state index in [0.29, 0.717) is 0 Å². The van der Waals surface area contributed by atoms with Crippen LogP contribution in [-0.4, -0.2) is 35.1 Å². The zero-order valence-electron chi connectivity index (χ0n) is 10.7. The third-order valence-corrected chi connectivity index (χ3v) is 2.84. The van der Waals surface area contributed by atoms with Crippen LogP contribution in [0.5, 0.6) is 0 Å². The number of terminal acetylenes is 1. The Labute approximate surface area is 98.1 Å². The Balaban J connectivity index is 2.55. The first-order chi connectivity index (χ1) is 7.27. The highest BCUT2D eigenvalue weighted by Gasteiger charge is 2.36. The van der Waals surface area contributed by atoms with Gasteiger partial charge in [-0.25, -0.2) is 0 Å². The van der Waals surface area contributed by atoms with Gasteiger partial charge in [0.25, 0.3) is 0 Å². The van der Waals surface area contributed by atoms with Crippen molar-refractivity contribution in [3.05, 3.63) is 0 Å². The highest BCUT2D eigenvalue weighted by atomic mass is 16.6. The topological polar surface area (TPSA) is 29.5 Å². The minimum absolute atomic E-state index is 0.198. The van der Waals surface area contributed by atoms with E-state index in [1.165, 1.54) is 0 Å². The van der Waals surface area contributed by atoms with Crippen molar-refractivity contribution in [3.8, 4) is 12.3 Å². The first-order valence-corrected chi connectivity index (χ1v) is 5.71. The van der Waals surface area contributed by atoms with Crippen LogP contribution in [0.25, 0.3) is 0 Å². The molecule has 0 saturated carbocycles. The van der Waals surface area contributed by atoms with Crippen LogP contribution in [0.3, 0.4) is 0 Å². The number of rotatable bonds is 2. The zero-order chi connectivity index (χ0) is 12.4. The molecule has 3 heteroatoms. The minimum atomic E-state index is -0.427. The van der Waals surface area contributed by atoms with E-state index in [1.54, 1.807) is 0 Å². The first-order valence-electron chi connectivity index (χ1n) is 5.71. The number of ether oxygens (including phenoxy) is 1. The molecule has 0 aliphatic carbocycles. The molecule has 1 aliphatic rings. The number of likely N-dealkylation sites (tertiary alicyclic amines) is 1. The third kappa shape index (κ3) is 3.24. The van der Waals surface area contributed by atoms with Gasteiger partial charge in [-0.2, -0.15) is 0 Å².